The largest absolute Gasteiger partial charge is 0.465 e. The van der Waals surface area contributed by atoms with Crippen LogP contribution in [0.4, 0.5) is 4.79 Å². The highest BCUT2D eigenvalue weighted by Gasteiger charge is 2.50. The van der Waals surface area contributed by atoms with Crippen LogP contribution in [-0.4, -0.2) is 36.0 Å². The van der Waals surface area contributed by atoms with E-state index in [2.05, 4.69) is 22.6 Å². The van der Waals surface area contributed by atoms with Gasteiger partial charge in [-0.2, -0.15) is 0 Å². The van der Waals surface area contributed by atoms with E-state index < -0.39 is 11.8 Å². The monoisotopic (exact) mass is 419 g/mol. The Labute approximate surface area is 144 Å². The molecule has 1 atom stereocenters. The van der Waals surface area contributed by atoms with Gasteiger partial charge in [0.15, 0.2) is 5.72 Å². The van der Waals surface area contributed by atoms with Crippen molar-refractivity contribution in [2.45, 2.75) is 44.4 Å². The molecule has 1 amide bonds. The fraction of sp³-hybridized carbons (Fsp3) is 0.562. The molecular weight excluding hydrogens is 397 g/mol. The van der Waals surface area contributed by atoms with Crippen molar-refractivity contribution < 1.29 is 19.4 Å². The van der Waals surface area contributed by atoms with E-state index in [0.29, 0.717) is 6.42 Å². The second-order valence-corrected chi connectivity index (χ2v) is 6.61. The number of carbonyl (C=O) groups is 1. The fourth-order valence-electron chi connectivity index (χ4n) is 2.82. The average molecular weight is 419 g/mol. The highest BCUT2D eigenvalue weighted by Crippen LogP contribution is 2.43. The molecular formula is C16H22INO4. The number of carboxylic acid groups (broad SMARTS) is 1. The van der Waals surface area contributed by atoms with Gasteiger partial charge in [-0.05, 0) is 47.9 Å². The van der Waals surface area contributed by atoms with Crippen molar-refractivity contribution >= 4 is 28.7 Å². The number of ether oxygens (including phenoxy) is 2. The maximum Gasteiger partial charge on any atom is 0.410 e. The molecule has 0 radical (unpaired) electrons. The van der Waals surface area contributed by atoms with Gasteiger partial charge in [-0.3, -0.25) is 4.90 Å². The maximum absolute atomic E-state index is 12.0. The minimum absolute atomic E-state index is 0.0249. The van der Waals surface area contributed by atoms with E-state index in [0.717, 1.165) is 28.4 Å². The van der Waals surface area contributed by atoms with Gasteiger partial charge in [0.2, 0.25) is 0 Å². The first kappa shape index (κ1) is 17.5. The summed E-state index contributed by atoms with van der Waals surface area (Å²) in [5.41, 5.74) is -0.0981. The van der Waals surface area contributed by atoms with Crippen LogP contribution in [-0.2, 0) is 15.2 Å². The van der Waals surface area contributed by atoms with E-state index in [-0.39, 0.29) is 12.8 Å². The molecule has 1 aliphatic rings. The van der Waals surface area contributed by atoms with E-state index in [1.807, 2.05) is 31.2 Å². The van der Waals surface area contributed by atoms with Gasteiger partial charge in [-0.15, -0.1) is 0 Å². The van der Waals surface area contributed by atoms with E-state index >= 15 is 0 Å². The number of benzene rings is 1. The van der Waals surface area contributed by atoms with Crippen molar-refractivity contribution in [3.05, 3.63) is 33.4 Å². The zero-order chi connectivity index (χ0) is 16.2. The van der Waals surface area contributed by atoms with Crippen molar-refractivity contribution in [3.63, 3.8) is 0 Å². The number of rotatable bonds is 8. The molecule has 1 aromatic carbocycles. The van der Waals surface area contributed by atoms with Crippen molar-refractivity contribution in [3.8, 4) is 0 Å². The summed E-state index contributed by atoms with van der Waals surface area (Å²) in [5.74, 6) is 0. The third-order valence-corrected chi connectivity index (χ3v) is 4.75. The molecule has 0 aliphatic heterocycles. The Kier molecular flexibility index (Phi) is 6.05. The summed E-state index contributed by atoms with van der Waals surface area (Å²) in [5, 5.41) is 9.80. The van der Waals surface area contributed by atoms with Gasteiger partial charge in [0.1, 0.15) is 6.79 Å². The Balaban J connectivity index is 2.53. The fourth-order valence-corrected chi connectivity index (χ4v) is 3.62. The minimum Gasteiger partial charge on any atom is -0.465 e. The summed E-state index contributed by atoms with van der Waals surface area (Å²) in [6, 6.07) is 7.82. The Morgan fingerprint density at radius 3 is 2.64 bits per heavy atom. The van der Waals surface area contributed by atoms with Crippen LogP contribution in [0.5, 0.6) is 0 Å². The van der Waals surface area contributed by atoms with Crippen molar-refractivity contribution in [1.29, 1.82) is 0 Å². The quantitative estimate of drug-likeness (QED) is 0.511. The lowest BCUT2D eigenvalue weighted by atomic mass is 9.95. The molecule has 0 heterocycles. The van der Waals surface area contributed by atoms with Gasteiger partial charge < -0.3 is 14.6 Å². The van der Waals surface area contributed by atoms with Gasteiger partial charge in [-0.25, -0.2) is 4.79 Å². The third-order valence-electron chi connectivity index (χ3n) is 3.81. The second-order valence-electron chi connectivity index (χ2n) is 5.45. The molecule has 0 aromatic heterocycles. The average Bonchev–Trinajstić information content (AvgIpc) is 3.29. The van der Waals surface area contributed by atoms with Crippen LogP contribution in [0.1, 0.15) is 38.2 Å². The summed E-state index contributed by atoms with van der Waals surface area (Å²) in [6.07, 6.45) is 2.24. The summed E-state index contributed by atoms with van der Waals surface area (Å²) in [4.78, 5) is 13.4. The summed E-state index contributed by atoms with van der Waals surface area (Å²) < 4.78 is 12.1. The molecule has 122 valence electrons. The molecule has 6 heteroatoms. The molecule has 2 rings (SSSR count). The SMILES string of the molecule is CCCC(OCOC)(c1ccccc1I)N(C(=O)O)C1CC1. The Bertz CT molecular complexity index is 521. The first-order valence-corrected chi connectivity index (χ1v) is 8.55. The van der Waals surface area contributed by atoms with E-state index in [4.69, 9.17) is 9.47 Å². The molecule has 1 saturated carbocycles. The molecule has 0 spiro atoms. The number of hydrogen-bond donors (Lipinski definition) is 1. The lowest BCUT2D eigenvalue weighted by Gasteiger charge is -2.43. The van der Waals surface area contributed by atoms with Crippen LogP contribution in [0.2, 0.25) is 0 Å². The van der Waals surface area contributed by atoms with Crippen LogP contribution < -0.4 is 0 Å². The summed E-state index contributed by atoms with van der Waals surface area (Å²) >= 11 is 2.24. The predicted octanol–water partition coefficient (Wildman–Crippen LogP) is 4.01. The second kappa shape index (κ2) is 7.61. The maximum atomic E-state index is 12.0. The molecule has 1 unspecified atom stereocenters. The first-order chi connectivity index (χ1) is 10.6. The molecule has 1 fully saturated rings. The van der Waals surface area contributed by atoms with E-state index in [1.165, 1.54) is 4.90 Å². The predicted molar refractivity (Wildman–Crippen MR) is 91.6 cm³/mol. The molecule has 5 nitrogen and oxygen atoms in total. The van der Waals surface area contributed by atoms with Crippen LogP contribution in [0.25, 0.3) is 0 Å². The first-order valence-electron chi connectivity index (χ1n) is 7.47. The number of hydrogen-bond acceptors (Lipinski definition) is 3. The van der Waals surface area contributed by atoms with Crippen LogP contribution in [0.15, 0.2) is 24.3 Å². The zero-order valence-corrected chi connectivity index (χ0v) is 15.1. The van der Waals surface area contributed by atoms with Crippen molar-refractivity contribution in [1.82, 2.24) is 4.90 Å². The molecule has 0 bridgehead atoms. The molecule has 22 heavy (non-hydrogen) atoms. The standard InChI is InChI=1S/C16H22INO4/c1-3-10-16(22-11-21-2,13-6-4-5-7-14(13)17)18(15(19)20)12-8-9-12/h4-7,12H,3,8-11H2,1-2H3,(H,19,20). The lowest BCUT2D eigenvalue weighted by Crippen LogP contribution is -2.52. The highest BCUT2D eigenvalue weighted by molar-refractivity contribution is 14.1. The zero-order valence-electron chi connectivity index (χ0n) is 12.9. The highest BCUT2D eigenvalue weighted by atomic mass is 127. The smallest absolute Gasteiger partial charge is 0.410 e. The summed E-state index contributed by atoms with van der Waals surface area (Å²) in [6.45, 7) is 2.09. The Morgan fingerprint density at radius 1 is 1.45 bits per heavy atom. The van der Waals surface area contributed by atoms with Crippen LogP contribution in [0.3, 0.4) is 0 Å². The topological polar surface area (TPSA) is 59.0 Å². The van der Waals surface area contributed by atoms with Gasteiger partial charge in [0, 0.05) is 22.3 Å². The molecule has 0 saturated heterocycles. The molecule has 1 aliphatic carbocycles. The number of amides is 1. The van der Waals surface area contributed by atoms with Crippen LogP contribution in [0, 0.1) is 3.57 Å². The van der Waals surface area contributed by atoms with Gasteiger partial charge in [-0.1, -0.05) is 31.5 Å². The van der Waals surface area contributed by atoms with E-state index in [9.17, 15) is 9.90 Å². The number of methoxy groups -OCH3 is 1. The minimum atomic E-state index is -0.991. The Morgan fingerprint density at radius 2 is 2.14 bits per heavy atom. The van der Waals surface area contributed by atoms with Gasteiger partial charge in [0.25, 0.3) is 0 Å². The van der Waals surface area contributed by atoms with Gasteiger partial charge >= 0.3 is 6.09 Å². The third kappa shape index (κ3) is 3.55. The van der Waals surface area contributed by atoms with Crippen molar-refractivity contribution in [2.75, 3.05) is 13.9 Å². The number of nitrogens with zero attached hydrogens (tertiary/aromatic N) is 1. The number of halogens is 1. The van der Waals surface area contributed by atoms with Gasteiger partial charge in [0.05, 0.1) is 0 Å². The lowest BCUT2D eigenvalue weighted by molar-refractivity contribution is -0.207. The molecule has 1 aromatic rings. The van der Waals surface area contributed by atoms with Crippen molar-refractivity contribution in [2.24, 2.45) is 0 Å². The van der Waals surface area contributed by atoms with Crippen LogP contribution >= 0.6 is 22.6 Å². The molecule has 1 N–H and O–H groups in total. The normalized spacial score (nSPS) is 17.0. The Hall–Kier alpha value is -0.860. The van der Waals surface area contributed by atoms with E-state index in [1.54, 1.807) is 7.11 Å². The summed E-state index contributed by atoms with van der Waals surface area (Å²) in [7, 11) is 1.55.